The number of hydrogen-bond donors (Lipinski definition) is 1. The van der Waals surface area contributed by atoms with Crippen molar-refractivity contribution in [2.75, 3.05) is 24.5 Å². The van der Waals surface area contributed by atoms with Crippen LogP contribution in [-0.2, 0) is 6.18 Å². The zero-order valence-corrected chi connectivity index (χ0v) is 10.9. The maximum atomic E-state index is 12.4. The van der Waals surface area contributed by atoms with Crippen LogP contribution in [0, 0.1) is 0 Å². The summed E-state index contributed by atoms with van der Waals surface area (Å²) < 4.78 is 37.2. The molecule has 0 amide bonds. The number of hydrogen-bond acceptors (Lipinski definition) is 3. The average molecular weight is 273 g/mol. The lowest BCUT2D eigenvalue weighted by Gasteiger charge is -2.33. The lowest BCUT2D eigenvalue weighted by Crippen LogP contribution is -2.42. The molecule has 0 unspecified atom stereocenters. The molecule has 1 aliphatic heterocycles. The van der Waals surface area contributed by atoms with E-state index < -0.39 is 11.9 Å². The summed E-state index contributed by atoms with van der Waals surface area (Å²) in [4.78, 5) is 5.58. The molecule has 0 aliphatic carbocycles. The van der Waals surface area contributed by atoms with Crippen LogP contribution in [0.2, 0.25) is 0 Å². The van der Waals surface area contributed by atoms with E-state index in [2.05, 4.69) is 22.1 Å². The van der Waals surface area contributed by atoms with Crippen LogP contribution in [0.3, 0.4) is 0 Å². The van der Waals surface area contributed by atoms with Crippen LogP contribution in [0.1, 0.15) is 25.5 Å². The number of aromatic nitrogens is 1. The first kappa shape index (κ1) is 14.1. The SMILES string of the molecule is CCNC1CCN(c2ccc(C(F)(F)F)nc2)CC1. The second kappa shape index (κ2) is 5.77. The van der Waals surface area contributed by atoms with Crippen LogP contribution in [0.4, 0.5) is 18.9 Å². The standard InChI is InChI=1S/C13H18F3N3/c1-2-17-10-5-7-19(8-6-10)11-3-4-12(18-9-11)13(14,15)16/h3-4,9-10,17H,2,5-8H2,1H3. The monoisotopic (exact) mass is 273 g/mol. The number of halogens is 3. The first-order valence-electron chi connectivity index (χ1n) is 6.52. The zero-order chi connectivity index (χ0) is 13.9. The molecule has 0 spiro atoms. The van der Waals surface area contributed by atoms with E-state index in [1.165, 1.54) is 12.3 Å². The highest BCUT2D eigenvalue weighted by Gasteiger charge is 2.32. The van der Waals surface area contributed by atoms with Gasteiger partial charge in [-0.2, -0.15) is 13.2 Å². The Bertz CT molecular complexity index is 395. The van der Waals surface area contributed by atoms with Crippen molar-refractivity contribution in [1.82, 2.24) is 10.3 Å². The van der Waals surface area contributed by atoms with Gasteiger partial charge in [0, 0.05) is 19.1 Å². The minimum absolute atomic E-state index is 0.517. The summed E-state index contributed by atoms with van der Waals surface area (Å²) in [5.41, 5.74) is -0.0678. The Hall–Kier alpha value is -1.30. The van der Waals surface area contributed by atoms with Crippen molar-refractivity contribution in [3.05, 3.63) is 24.0 Å². The van der Waals surface area contributed by atoms with Gasteiger partial charge in [-0.1, -0.05) is 6.92 Å². The maximum absolute atomic E-state index is 12.4. The van der Waals surface area contributed by atoms with Gasteiger partial charge in [0.1, 0.15) is 5.69 Å². The number of nitrogens with one attached hydrogen (secondary N) is 1. The molecule has 2 heterocycles. The topological polar surface area (TPSA) is 28.2 Å². The molecule has 0 radical (unpaired) electrons. The first-order valence-corrected chi connectivity index (χ1v) is 6.52. The fourth-order valence-corrected chi connectivity index (χ4v) is 2.37. The van der Waals surface area contributed by atoms with Gasteiger partial charge >= 0.3 is 6.18 Å². The van der Waals surface area contributed by atoms with Gasteiger partial charge in [0.15, 0.2) is 0 Å². The van der Waals surface area contributed by atoms with E-state index in [4.69, 9.17) is 0 Å². The van der Waals surface area contributed by atoms with E-state index in [0.29, 0.717) is 6.04 Å². The summed E-state index contributed by atoms with van der Waals surface area (Å²) in [5, 5.41) is 3.39. The van der Waals surface area contributed by atoms with Crippen LogP contribution in [0.5, 0.6) is 0 Å². The van der Waals surface area contributed by atoms with Crippen LogP contribution < -0.4 is 10.2 Å². The number of piperidine rings is 1. The van der Waals surface area contributed by atoms with Crippen molar-refractivity contribution in [1.29, 1.82) is 0 Å². The van der Waals surface area contributed by atoms with Crippen molar-refractivity contribution in [2.24, 2.45) is 0 Å². The van der Waals surface area contributed by atoms with E-state index in [1.54, 1.807) is 0 Å². The van der Waals surface area contributed by atoms with Crippen molar-refractivity contribution in [2.45, 2.75) is 32.0 Å². The van der Waals surface area contributed by atoms with Gasteiger partial charge < -0.3 is 10.2 Å². The first-order chi connectivity index (χ1) is 9.00. The largest absolute Gasteiger partial charge is 0.433 e. The highest BCUT2D eigenvalue weighted by molar-refractivity contribution is 5.45. The Balaban J connectivity index is 1.97. The van der Waals surface area contributed by atoms with Gasteiger partial charge in [-0.05, 0) is 31.5 Å². The van der Waals surface area contributed by atoms with E-state index in [0.717, 1.165) is 44.2 Å². The molecule has 0 saturated carbocycles. The van der Waals surface area contributed by atoms with Gasteiger partial charge in [-0.25, -0.2) is 4.98 Å². The molecule has 1 aliphatic rings. The van der Waals surface area contributed by atoms with Crippen LogP contribution in [0.15, 0.2) is 18.3 Å². The highest BCUT2D eigenvalue weighted by Crippen LogP contribution is 2.29. The Morgan fingerprint density at radius 1 is 1.32 bits per heavy atom. The summed E-state index contributed by atoms with van der Waals surface area (Å²) in [5.74, 6) is 0. The maximum Gasteiger partial charge on any atom is 0.433 e. The molecule has 19 heavy (non-hydrogen) atoms. The number of pyridine rings is 1. The second-order valence-electron chi connectivity index (χ2n) is 4.72. The van der Waals surface area contributed by atoms with Crippen molar-refractivity contribution in [3.8, 4) is 0 Å². The van der Waals surface area contributed by atoms with Gasteiger partial charge in [-0.3, -0.25) is 0 Å². The minimum Gasteiger partial charge on any atom is -0.370 e. The molecular formula is C13H18F3N3. The van der Waals surface area contributed by atoms with E-state index in [9.17, 15) is 13.2 Å². The Morgan fingerprint density at radius 2 is 2.00 bits per heavy atom. The number of nitrogens with zero attached hydrogens (tertiary/aromatic N) is 2. The molecule has 1 aromatic heterocycles. The van der Waals surface area contributed by atoms with Crippen LogP contribution >= 0.6 is 0 Å². The molecule has 2 rings (SSSR count). The minimum atomic E-state index is -4.36. The van der Waals surface area contributed by atoms with Gasteiger partial charge in [-0.15, -0.1) is 0 Å². The second-order valence-corrected chi connectivity index (χ2v) is 4.72. The lowest BCUT2D eigenvalue weighted by molar-refractivity contribution is -0.141. The summed E-state index contributed by atoms with van der Waals surface area (Å²) in [6, 6.07) is 3.07. The molecular weight excluding hydrogens is 255 g/mol. The van der Waals surface area contributed by atoms with Crippen molar-refractivity contribution in [3.63, 3.8) is 0 Å². The molecule has 0 atom stereocenters. The fourth-order valence-electron chi connectivity index (χ4n) is 2.37. The van der Waals surface area contributed by atoms with Crippen molar-refractivity contribution < 1.29 is 13.2 Å². The number of anilines is 1. The molecule has 6 heteroatoms. The van der Waals surface area contributed by atoms with Crippen molar-refractivity contribution >= 4 is 5.69 Å². The van der Waals surface area contributed by atoms with E-state index in [1.807, 2.05) is 0 Å². The molecule has 0 bridgehead atoms. The molecule has 106 valence electrons. The Labute approximate surface area is 110 Å². The quantitative estimate of drug-likeness (QED) is 0.917. The van der Waals surface area contributed by atoms with Crippen LogP contribution in [-0.4, -0.2) is 30.7 Å². The number of rotatable bonds is 3. The summed E-state index contributed by atoms with van der Waals surface area (Å²) in [6.45, 7) is 4.73. The molecule has 3 nitrogen and oxygen atoms in total. The van der Waals surface area contributed by atoms with E-state index in [-0.39, 0.29) is 0 Å². The number of alkyl halides is 3. The van der Waals surface area contributed by atoms with Gasteiger partial charge in [0.2, 0.25) is 0 Å². The molecule has 1 saturated heterocycles. The summed E-state index contributed by atoms with van der Waals surface area (Å²) in [7, 11) is 0. The molecule has 1 aromatic rings. The predicted molar refractivity (Wildman–Crippen MR) is 68.2 cm³/mol. The third-order valence-corrected chi connectivity index (χ3v) is 3.39. The zero-order valence-electron chi connectivity index (χ0n) is 10.9. The van der Waals surface area contributed by atoms with Gasteiger partial charge in [0.25, 0.3) is 0 Å². The van der Waals surface area contributed by atoms with E-state index >= 15 is 0 Å². The smallest absolute Gasteiger partial charge is 0.370 e. The Morgan fingerprint density at radius 3 is 2.47 bits per heavy atom. The fraction of sp³-hybridized carbons (Fsp3) is 0.615. The summed E-state index contributed by atoms with van der Waals surface area (Å²) in [6.07, 6.45) is -1.03. The summed E-state index contributed by atoms with van der Waals surface area (Å²) >= 11 is 0. The molecule has 1 fully saturated rings. The molecule has 1 N–H and O–H groups in total. The third-order valence-electron chi connectivity index (χ3n) is 3.39. The highest BCUT2D eigenvalue weighted by atomic mass is 19.4. The lowest BCUT2D eigenvalue weighted by atomic mass is 10.0. The molecule has 0 aromatic carbocycles. The van der Waals surface area contributed by atoms with Gasteiger partial charge in [0.05, 0.1) is 11.9 Å². The third kappa shape index (κ3) is 3.59. The predicted octanol–water partition coefficient (Wildman–Crippen LogP) is 2.68. The Kier molecular flexibility index (Phi) is 4.29. The average Bonchev–Trinajstić information content (AvgIpc) is 2.39. The van der Waals surface area contributed by atoms with Crippen LogP contribution in [0.25, 0.3) is 0 Å². The normalized spacial score (nSPS) is 17.8.